The molecule has 27 heavy (non-hydrogen) atoms. The molecule has 2 saturated carbocycles. The van der Waals surface area contributed by atoms with Crippen LogP contribution in [-0.4, -0.2) is 45.2 Å². The molecule has 2 aliphatic rings. The molecule has 0 heterocycles. The molecule has 0 bridgehead atoms. The third-order valence-corrected chi connectivity index (χ3v) is 10.2. The minimum Gasteiger partial charge on any atom is -0.379 e. The molecular weight excluding hydrogens is 604 g/mol. The molecule has 2 rings (SSSR count). The molecule has 4 atom stereocenters. The first kappa shape index (κ1) is 24.8. The van der Waals surface area contributed by atoms with Gasteiger partial charge in [-0.1, -0.05) is 96.6 Å². The van der Waals surface area contributed by atoms with E-state index in [1.165, 1.54) is 25.7 Å². The van der Waals surface area contributed by atoms with Crippen LogP contribution in [0.25, 0.3) is 0 Å². The molecule has 0 N–H and O–H groups in total. The Balaban J connectivity index is 2.00. The molecule has 6 heteroatoms. The molecule has 0 radical (unpaired) electrons. The zero-order valence-electron chi connectivity index (χ0n) is 16.8. The molecule has 0 aromatic heterocycles. The predicted octanol–water partition coefficient (Wildman–Crippen LogP) is 7.25. The van der Waals surface area contributed by atoms with Gasteiger partial charge in [0.15, 0.2) is 0 Å². The number of ether oxygens (including phenoxy) is 2. The molecule has 158 valence electrons. The van der Waals surface area contributed by atoms with E-state index in [4.69, 9.17) is 9.47 Å². The van der Waals surface area contributed by atoms with Gasteiger partial charge in [-0.2, -0.15) is 0 Å². The van der Waals surface area contributed by atoms with Crippen LogP contribution in [-0.2, 0) is 9.47 Å². The predicted molar refractivity (Wildman–Crippen MR) is 130 cm³/mol. The summed E-state index contributed by atoms with van der Waals surface area (Å²) >= 11 is 15.7. The van der Waals surface area contributed by atoms with Crippen LogP contribution in [0.15, 0.2) is 12.2 Å². The highest BCUT2D eigenvalue weighted by Gasteiger charge is 2.48. The molecule has 0 aromatic carbocycles. The van der Waals surface area contributed by atoms with Crippen LogP contribution in [0.3, 0.4) is 0 Å². The van der Waals surface area contributed by atoms with E-state index in [0.717, 1.165) is 6.42 Å². The van der Waals surface area contributed by atoms with Gasteiger partial charge in [-0.25, -0.2) is 0 Å². The van der Waals surface area contributed by atoms with Crippen molar-refractivity contribution >= 4 is 63.7 Å². The van der Waals surface area contributed by atoms with Crippen LogP contribution in [0.1, 0.15) is 52.9 Å². The van der Waals surface area contributed by atoms with Gasteiger partial charge in [0, 0.05) is 26.4 Å². The fourth-order valence-corrected chi connectivity index (χ4v) is 9.56. The minimum absolute atomic E-state index is 0.232. The van der Waals surface area contributed by atoms with Crippen LogP contribution < -0.4 is 0 Å². The molecule has 4 unspecified atom stereocenters. The number of hydrogen-bond acceptors (Lipinski definition) is 2. The van der Waals surface area contributed by atoms with Crippen molar-refractivity contribution in [2.75, 3.05) is 13.7 Å². The SMILES string of the molecule is CCC=CCOC1C(Br)CC(C(C)(C)C2CC(Br)C(OC)C(Br)C2)CC1Br. The summed E-state index contributed by atoms with van der Waals surface area (Å²) in [5.41, 5.74) is 0.280. The van der Waals surface area contributed by atoms with Crippen LogP contribution in [0, 0.1) is 17.3 Å². The Hall–Kier alpha value is 1.58. The summed E-state index contributed by atoms with van der Waals surface area (Å²) in [5, 5.41) is 0. The summed E-state index contributed by atoms with van der Waals surface area (Å²) in [6, 6.07) is 0. The van der Waals surface area contributed by atoms with Crippen molar-refractivity contribution in [1.29, 1.82) is 0 Å². The molecule has 0 amide bonds. The zero-order chi connectivity index (χ0) is 20.2. The van der Waals surface area contributed by atoms with Crippen molar-refractivity contribution in [3.05, 3.63) is 12.2 Å². The quantitative estimate of drug-likeness (QED) is 0.216. The standard InChI is InChI=1S/C21H34Br4O2/c1-5-6-7-8-27-20-17(24)11-14(12-18(20)25)21(2,3)13-9-15(22)19(26-4)16(23)10-13/h6-7,13-20H,5,8-12H2,1-4H3. The minimum atomic E-state index is 0.232. The molecule has 2 nitrogen and oxygen atoms in total. The Morgan fingerprint density at radius 2 is 1.26 bits per heavy atom. The lowest BCUT2D eigenvalue weighted by Crippen LogP contribution is -2.49. The fourth-order valence-electron chi connectivity index (χ4n) is 4.72. The molecule has 0 saturated heterocycles. The second-order valence-electron chi connectivity index (χ2n) is 8.60. The third-order valence-electron chi connectivity index (χ3n) is 6.63. The van der Waals surface area contributed by atoms with E-state index in [2.05, 4.69) is 96.6 Å². The summed E-state index contributed by atoms with van der Waals surface area (Å²) in [4.78, 5) is 1.61. The first-order valence-corrected chi connectivity index (χ1v) is 13.7. The molecular formula is C21H34Br4O2. The number of halogens is 4. The first-order chi connectivity index (χ1) is 12.7. The maximum absolute atomic E-state index is 6.17. The van der Waals surface area contributed by atoms with Crippen molar-refractivity contribution in [3.63, 3.8) is 0 Å². The highest BCUT2D eigenvalue weighted by molar-refractivity contribution is 9.10. The van der Waals surface area contributed by atoms with E-state index in [0.29, 0.717) is 37.8 Å². The van der Waals surface area contributed by atoms with E-state index < -0.39 is 0 Å². The normalized spacial score (nSPS) is 41.2. The molecule has 0 spiro atoms. The largest absolute Gasteiger partial charge is 0.379 e. The molecule has 2 fully saturated rings. The Bertz CT molecular complexity index is 461. The van der Waals surface area contributed by atoms with E-state index in [-0.39, 0.29) is 17.6 Å². The van der Waals surface area contributed by atoms with Gasteiger partial charge < -0.3 is 9.47 Å². The second-order valence-corrected chi connectivity index (χ2v) is 13.3. The lowest BCUT2D eigenvalue weighted by Gasteiger charge is -2.50. The van der Waals surface area contributed by atoms with Gasteiger partial charge in [0.2, 0.25) is 0 Å². The number of allylic oxidation sites excluding steroid dienone is 1. The Morgan fingerprint density at radius 3 is 1.67 bits per heavy atom. The number of alkyl halides is 4. The lowest BCUT2D eigenvalue weighted by molar-refractivity contribution is -0.00930. The Labute approximate surface area is 199 Å². The molecule has 0 aromatic rings. The van der Waals surface area contributed by atoms with E-state index in [9.17, 15) is 0 Å². The summed E-state index contributed by atoms with van der Waals surface area (Å²) < 4.78 is 11.9. The first-order valence-electron chi connectivity index (χ1n) is 10.1. The summed E-state index contributed by atoms with van der Waals surface area (Å²) in [7, 11) is 1.82. The van der Waals surface area contributed by atoms with Gasteiger partial charge in [0.05, 0.1) is 18.8 Å². The second kappa shape index (κ2) is 11.3. The van der Waals surface area contributed by atoms with Gasteiger partial charge in [-0.3, -0.25) is 0 Å². The number of rotatable bonds is 7. The lowest BCUT2D eigenvalue weighted by atomic mass is 9.60. The van der Waals surface area contributed by atoms with E-state index in [1.807, 2.05) is 7.11 Å². The highest BCUT2D eigenvalue weighted by Crippen LogP contribution is 2.52. The maximum atomic E-state index is 6.17. The van der Waals surface area contributed by atoms with Crippen molar-refractivity contribution in [2.24, 2.45) is 17.3 Å². The van der Waals surface area contributed by atoms with Crippen molar-refractivity contribution in [3.8, 4) is 0 Å². The zero-order valence-corrected chi connectivity index (χ0v) is 23.2. The molecule has 0 aliphatic heterocycles. The van der Waals surface area contributed by atoms with Gasteiger partial charge in [0.25, 0.3) is 0 Å². The smallest absolute Gasteiger partial charge is 0.0829 e. The van der Waals surface area contributed by atoms with Gasteiger partial charge >= 0.3 is 0 Å². The number of methoxy groups -OCH3 is 1. The average molecular weight is 638 g/mol. The summed E-state index contributed by atoms with van der Waals surface area (Å²) in [6.07, 6.45) is 10.5. The van der Waals surface area contributed by atoms with Crippen LogP contribution >= 0.6 is 63.7 Å². The Kier molecular flexibility index (Phi) is 10.4. The average Bonchev–Trinajstić information content (AvgIpc) is 2.60. The fraction of sp³-hybridized carbons (Fsp3) is 0.905. The highest BCUT2D eigenvalue weighted by atomic mass is 79.9. The van der Waals surface area contributed by atoms with Crippen molar-refractivity contribution in [2.45, 2.75) is 84.4 Å². The van der Waals surface area contributed by atoms with Crippen LogP contribution in [0.4, 0.5) is 0 Å². The maximum Gasteiger partial charge on any atom is 0.0829 e. The number of hydrogen-bond donors (Lipinski definition) is 0. The van der Waals surface area contributed by atoms with Gasteiger partial charge in [0.1, 0.15) is 0 Å². The monoisotopic (exact) mass is 634 g/mol. The van der Waals surface area contributed by atoms with E-state index >= 15 is 0 Å². The van der Waals surface area contributed by atoms with E-state index in [1.54, 1.807) is 0 Å². The summed E-state index contributed by atoms with van der Waals surface area (Å²) in [5.74, 6) is 1.34. The molecule has 2 aliphatic carbocycles. The third kappa shape index (κ3) is 6.29. The van der Waals surface area contributed by atoms with Crippen LogP contribution in [0.2, 0.25) is 0 Å². The summed E-state index contributed by atoms with van der Waals surface area (Å²) in [6.45, 7) is 7.80. The Morgan fingerprint density at radius 1 is 0.815 bits per heavy atom. The van der Waals surface area contributed by atoms with Crippen molar-refractivity contribution in [1.82, 2.24) is 0 Å². The van der Waals surface area contributed by atoms with Gasteiger partial charge in [-0.15, -0.1) is 0 Å². The topological polar surface area (TPSA) is 18.5 Å². The van der Waals surface area contributed by atoms with Gasteiger partial charge in [-0.05, 0) is 49.4 Å². The van der Waals surface area contributed by atoms with Crippen molar-refractivity contribution < 1.29 is 9.47 Å². The van der Waals surface area contributed by atoms with Crippen LogP contribution in [0.5, 0.6) is 0 Å².